The quantitative estimate of drug-likeness (QED) is 0.863. The van der Waals surface area contributed by atoms with Gasteiger partial charge in [-0.3, -0.25) is 0 Å². The third-order valence-electron chi connectivity index (χ3n) is 3.90. The average Bonchev–Trinajstić information content (AvgIpc) is 3.03. The molecule has 1 N–H and O–H groups in total. The van der Waals surface area contributed by atoms with Crippen molar-refractivity contribution in [3.05, 3.63) is 64.4 Å². The van der Waals surface area contributed by atoms with Crippen LogP contribution in [0.25, 0.3) is 0 Å². The summed E-state index contributed by atoms with van der Waals surface area (Å²) in [4.78, 5) is 17.2. The molecule has 5 heteroatoms. The number of hydrogen-bond donors (Lipinski definition) is 1. The highest BCUT2D eigenvalue weighted by atomic mass is 32.1. The maximum atomic E-state index is 12.4. The van der Waals surface area contributed by atoms with Gasteiger partial charge in [-0.1, -0.05) is 48.6 Å². The molecule has 1 aliphatic rings. The highest BCUT2D eigenvalue weighted by Gasteiger charge is 2.31. The van der Waals surface area contributed by atoms with Gasteiger partial charge in [0, 0.05) is 18.3 Å². The van der Waals surface area contributed by atoms with Crippen molar-refractivity contribution in [1.29, 1.82) is 0 Å². The van der Waals surface area contributed by atoms with Crippen molar-refractivity contribution in [3.63, 3.8) is 0 Å². The first-order valence-electron chi connectivity index (χ1n) is 7.40. The summed E-state index contributed by atoms with van der Waals surface area (Å²) in [6.07, 6.45) is 3.42. The molecular weight excluding hydrogens is 296 g/mol. The Kier molecular flexibility index (Phi) is 4.53. The summed E-state index contributed by atoms with van der Waals surface area (Å²) < 4.78 is 6.14. The second-order valence-electron chi connectivity index (χ2n) is 5.35. The van der Waals surface area contributed by atoms with Crippen molar-refractivity contribution in [2.75, 3.05) is 6.54 Å². The van der Waals surface area contributed by atoms with E-state index in [0.717, 1.165) is 24.0 Å². The molecule has 0 unspecified atom stereocenters. The van der Waals surface area contributed by atoms with Crippen molar-refractivity contribution in [2.45, 2.75) is 25.5 Å². The highest BCUT2D eigenvalue weighted by molar-refractivity contribution is 7.71. The first-order valence-corrected chi connectivity index (χ1v) is 7.81. The zero-order chi connectivity index (χ0) is 15.4. The Hall–Kier alpha value is -2.14. The van der Waals surface area contributed by atoms with Crippen LogP contribution < -0.4 is 0 Å². The van der Waals surface area contributed by atoms with Crippen molar-refractivity contribution in [2.24, 2.45) is 0 Å². The van der Waals surface area contributed by atoms with Crippen LogP contribution in [-0.4, -0.2) is 22.5 Å². The van der Waals surface area contributed by atoms with Crippen LogP contribution in [-0.2, 0) is 11.3 Å². The van der Waals surface area contributed by atoms with Crippen LogP contribution in [0.2, 0.25) is 0 Å². The van der Waals surface area contributed by atoms with Crippen LogP contribution in [0, 0.1) is 4.64 Å². The fourth-order valence-corrected chi connectivity index (χ4v) is 3.08. The molecule has 0 spiro atoms. The van der Waals surface area contributed by atoms with Crippen molar-refractivity contribution in [1.82, 2.24) is 9.88 Å². The molecule has 1 aliphatic heterocycles. The van der Waals surface area contributed by atoms with E-state index in [1.165, 1.54) is 0 Å². The average molecular weight is 314 g/mol. The van der Waals surface area contributed by atoms with Gasteiger partial charge in [-0.25, -0.2) is 4.79 Å². The molecule has 3 rings (SSSR count). The van der Waals surface area contributed by atoms with E-state index in [9.17, 15) is 4.79 Å². The third kappa shape index (κ3) is 3.20. The van der Waals surface area contributed by atoms with Crippen LogP contribution in [0.4, 0.5) is 4.79 Å². The summed E-state index contributed by atoms with van der Waals surface area (Å²) in [5.41, 5.74) is 1.98. The second kappa shape index (κ2) is 6.75. The van der Waals surface area contributed by atoms with E-state index in [4.69, 9.17) is 17.0 Å². The number of likely N-dealkylation sites (tertiary alicyclic amines) is 1. The van der Waals surface area contributed by atoms with Gasteiger partial charge in [0.1, 0.15) is 11.2 Å². The lowest BCUT2D eigenvalue weighted by Gasteiger charge is -2.24. The van der Waals surface area contributed by atoms with Crippen LogP contribution in [0.5, 0.6) is 0 Å². The van der Waals surface area contributed by atoms with Crippen LogP contribution in [0.1, 0.15) is 30.0 Å². The van der Waals surface area contributed by atoms with Gasteiger partial charge in [0.25, 0.3) is 0 Å². The number of amides is 1. The van der Waals surface area contributed by atoms with E-state index in [2.05, 4.69) is 4.98 Å². The fraction of sp³-hybridized carbons (Fsp3) is 0.294. The van der Waals surface area contributed by atoms with Gasteiger partial charge in [-0.2, -0.15) is 0 Å². The maximum absolute atomic E-state index is 12.4. The number of nitrogens with zero attached hydrogens (tertiary/aromatic N) is 1. The standard InChI is InChI=1S/C17H18N2O2S/c20-17(21-12-13-6-2-1-3-7-13)19-11-5-9-15(19)14-8-4-10-18-16(14)22/h1-4,6-8,10,15H,5,9,11-12H2,(H,18,22)/t15-/m1/s1. The molecule has 1 aromatic heterocycles. The minimum atomic E-state index is -0.274. The van der Waals surface area contributed by atoms with E-state index in [-0.39, 0.29) is 12.1 Å². The molecule has 0 radical (unpaired) electrons. The lowest BCUT2D eigenvalue weighted by Crippen LogP contribution is -2.31. The molecule has 0 bridgehead atoms. The second-order valence-corrected chi connectivity index (χ2v) is 5.75. The summed E-state index contributed by atoms with van der Waals surface area (Å²) in [6, 6.07) is 13.6. The van der Waals surface area contributed by atoms with Crippen molar-refractivity contribution >= 4 is 18.3 Å². The van der Waals surface area contributed by atoms with E-state index in [1.807, 2.05) is 42.5 Å². The van der Waals surface area contributed by atoms with E-state index < -0.39 is 0 Å². The Morgan fingerprint density at radius 1 is 1.27 bits per heavy atom. The number of aromatic nitrogens is 1. The summed E-state index contributed by atoms with van der Waals surface area (Å²) in [7, 11) is 0. The smallest absolute Gasteiger partial charge is 0.410 e. The number of carbonyl (C=O) groups is 1. The molecule has 0 saturated carbocycles. The fourth-order valence-electron chi connectivity index (χ4n) is 2.81. The number of rotatable bonds is 3. The molecule has 1 fully saturated rings. The van der Waals surface area contributed by atoms with Crippen LogP contribution in [0.15, 0.2) is 48.7 Å². The van der Waals surface area contributed by atoms with Crippen molar-refractivity contribution < 1.29 is 9.53 Å². The van der Waals surface area contributed by atoms with Gasteiger partial charge in [0.2, 0.25) is 0 Å². The molecule has 1 aromatic carbocycles. The molecular formula is C17H18N2O2S. The Balaban J connectivity index is 1.69. The molecule has 0 aliphatic carbocycles. The van der Waals surface area contributed by atoms with E-state index in [1.54, 1.807) is 11.1 Å². The van der Waals surface area contributed by atoms with Gasteiger partial charge in [-0.15, -0.1) is 0 Å². The largest absolute Gasteiger partial charge is 0.445 e. The summed E-state index contributed by atoms with van der Waals surface area (Å²) in [5.74, 6) is 0. The van der Waals surface area contributed by atoms with Gasteiger partial charge in [-0.05, 0) is 24.5 Å². The molecule has 2 heterocycles. The number of ether oxygens (including phenoxy) is 1. The minimum Gasteiger partial charge on any atom is -0.445 e. The Morgan fingerprint density at radius 2 is 2.09 bits per heavy atom. The van der Waals surface area contributed by atoms with Gasteiger partial charge >= 0.3 is 6.09 Å². The van der Waals surface area contributed by atoms with Gasteiger partial charge in [0.05, 0.1) is 6.04 Å². The number of aromatic amines is 1. The topological polar surface area (TPSA) is 45.3 Å². The summed E-state index contributed by atoms with van der Waals surface area (Å²) in [5, 5.41) is 0. The molecule has 1 amide bonds. The molecule has 2 aromatic rings. The molecule has 22 heavy (non-hydrogen) atoms. The molecule has 4 nitrogen and oxygen atoms in total. The lowest BCUT2D eigenvalue weighted by molar-refractivity contribution is 0.0920. The number of pyridine rings is 1. The first-order chi connectivity index (χ1) is 10.8. The predicted molar refractivity (Wildman–Crippen MR) is 86.9 cm³/mol. The minimum absolute atomic E-state index is 0.00761. The SMILES string of the molecule is O=C(OCc1ccccc1)N1CCC[C@@H]1c1ccc[nH]c1=S. The number of hydrogen-bond acceptors (Lipinski definition) is 3. The monoisotopic (exact) mass is 314 g/mol. The zero-order valence-electron chi connectivity index (χ0n) is 12.2. The number of nitrogens with one attached hydrogen (secondary N) is 1. The van der Waals surface area contributed by atoms with E-state index >= 15 is 0 Å². The number of H-pyrrole nitrogens is 1. The van der Waals surface area contributed by atoms with Crippen LogP contribution in [0.3, 0.4) is 0 Å². The normalized spacial score (nSPS) is 17.5. The molecule has 1 saturated heterocycles. The maximum Gasteiger partial charge on any atom is 0.410 e. The van der Waals surface area contributed by atoms with Crippen LogP contribution >= 0.6 is 12.2 Å². The highest BCUT2D eigenvalue weighted by Crippen LogP contribution is 2.32. The third-order valence-corrected chi connectivity index (χ3v) is 4.25. The van der Waals surface area contributed by atoms with Gasteiger partial charge in [0.15, 0.2) is 0 Å². The predicted octanol–water partition coefficient (Wildman–Crippen LogP) is 4.22. The summed E-state index contributed by atoms with van der Waals surface area (Å²) >= 11 is 5.33. The first kappa shape index (κ1) is 14.8. The van der Waals surface area contributed by atoms with Gasteiger partial charge < -0.3 is 14.6 Å². The molecule has 1 atom stereocenters. The number of carbonyl (C=O) groups excluding carboxylic acids is 1. The molecule has 114 valence electrons. The Bertz CT molecular complexity index is 699. The summed E-state index contributed by atoms with van der Waals surface area (Å²) in [6.45, 7) is 1.01. The van der Waals surface area contributed by atoms with E-state index in [0.29, 0.717) is 17.8 Å². The number of benzene rings is 1. The lowest BCUT2D eigenvalue weighted by atomic mass is 10.1. The Labute approximate surface area is 134 Å². The Morgan fingerprint density at radius 3 is 2.86 bits per heavy atom. The van der Waals surface area contributed by atoms with Crippen molar-refractivity contribution in [3.8, 4) is 0 Å². The zero-order valence-corrected chi connectivity index (χ0v) is 13.0.